The minimum atomic E-state index is -3.28. The van der Waals surface area contributed by atoms with Crippen LogP contribution >= 0.6 is 0 Å². The molecule has 3 atom stereocenters. The minimum absolute atomic E-state index is 0.116. The number of hydrogen-bond donors (Lipinski definition) is 0. The Morgan fingerprint density at radius 1 is 1.38 bits per heavy atom. The molecule has 0 aliphatic carbocycles. The van der Waals surface area contributed by atoms with Gasteiger partial charge in [0.25, 0.3) is 0 Å². The standard InChI is InChI=1S/C14H24N2O4S/c1-4-16-9-14-8-15(13(17)5-10(2)3)7-11(20-14)6-12(14)21(16,18)19/h10-12H,4-9H2,1-3H3/t11-,12+,14+/m0/s1. The van der Waals surface area contributed by atoms with Gasteiger partial charge in [0.15, 0.2) is 0 Å². The highest BCUT2D eigenvalue weighted by molar-refractivity contribution is 7.90. The number of amides is 1. The molecule has 3 fully saturated rings. The molecule has 0 saturated carbocycles. The number of morpholine rings is 1. The number of nitrogens with zero attached hydrogens (tertiary/aromatic N) is 2. The highest BCUT2D eigenvalue weighted by Crippen LogP contribution is 2.46. The molecule has 6 nitrogen and oxygen atoms in total. The molecule has 3 heterocycles. The molecular weight excluding hydrogens is 292 g/mol. The Balaban J connectivity index is 1.84. The molecule has 1 amide bonds. The highest BCUT2D eigenvalue weighted by atomic mass is 32.2. The second kappa shape index (κ2) is 4.93. The number of carbonyl (C=O) groups is 1. The molecule has 0 N–H and O–H groups in total. The van der Waals surface area contributed by atoms with Gasteiger partial charge in [-0.2, -0.15) is 4.31 Å². The monoisotopic (exact) mass is 316 g/mol. The molecule has 0 radical (unpaired) electrons. The third kappa shape index (κ3) is 2.29. The summed E-state index contributed by atoms with van der Waals surface area (Å²) in [7, 11) is -3.28. The van der Waals surface area contributed by atoms with Gasteiger partial charge in [0, 0.05) is 26.1 Å². The van der Waals surface area contributed by atoms with E-state index in [2.05, 4.69) is 0 Å². The first kappa shape index (κ1) is 15.2. The predicted molar refractivity (Wildman–Crippen MR) is 78.2 cm³/mol. The van der Waals surface area contributed by atoms with Crippen LogP contribution in [0.25, 0.3) is 0 Å². The Bertz CT molecular complexity index is 547. The zero-order chi connectivity index (χ0) is 15.4. The Kier molecular flexibility index (Phi) is 3.58. The smallest absolute Gasteiger partial charge is 0.223 e. The molecule has 3 saturated heterocycles. The maximum absolute atomic E-state index is 12.5. The van der Waals surface area contributed by atoms with Crippen molar-refractivity contribution in [1.29, 1.82) is 0 Å². The van der Waals surface area contributed by atoms with Crippen LogP contribution in [0.15, 0.2) is 0 Å². The van der Waals surface area contributed by atoms with Crippen molar-refractivity contribution >= 4 is 15.9 Å². The summed E-state index contributed by atoms with van der Waals surface area (Å²) in [6.07, 6.45) is 0.899. The number of sulfonamides is 1. The first-order valence-electron chi connectivity index (χ1n) is 7.73. The van der Waals surface area contributed by atoms with Crippen molar-refractivity contribution in [1.82, 2.24) is 9.21 Å². The Morgan fingerprint density at radius 3 is 2.71 bits per heavy atom. The van der Waals surface area contributed by atoms with Gasteiger partial charge in [-0.05, 0) is 12.3 Å². The van der Waals surface area contributed by atoms with Crippen molar-refractivity contribution in [2.75, 3.05) is 26.2 Å². The zero-order valence-corrected chi connectivity index (χ0v) is 13.7. The fourth-order valence-electron chi connectivity index (χ4n) is 3.90. The molecule has 1 spiro atoms. The molecule has 3 rings (SSSR count). The third-order valence-electron chi connectivity index (χ3n) is 4.80. The highest BCUT2D eigenvalue weighted by Gasteiger charge is 2.65. The molecule has 0 aromatic heterocycles. The van der Waals surface area contributed by atoms with Gasteiger partial charge in [0.05, 0.1) is 12.6 Å². The van der Waals surface area contributed by atoms with Crippen molar-refractivity contribution in [3.8, 4) is 0 Å². The van der Waals surface area contributed by atoms with Gasteiger partial charge in [-0.15, -0.1) is 0 Å². The second-order valence-corrected chi connectivity index (χ2v) is 8.99. The average Bonchev–Trinajstić information content (AvgIpc) is 2.76. The quantitative estimate of drug-likeness (QED) is 0.757. The van der Waals surface area contributed by atoms with E-state index in [1.54, 1.807) is 0 Å². The number of likely N-dealkylation sites (N-methyl/N-ethyl adjacent to an activating group) is 1. The summed E-state index contributed by atoms with van der Waals surface area (Å²) < 4.78 is 32.6. The fraction of sp³-hybridized carbons (Fsp3) is 0.929. The molecule has 0 aromatic carbocycles. The molecule has 3 aliphatic heterocycles. The van der Waals surface area contributed by atoms with Gasteiger partial charge in [0.2, 0.25) is 15.9 Å². The zero-order valence-electron chi connectivity index (χ0n) is 12.9. The van der Waals surface area contributed by atoms with Crippen molar-refractivity contribution in [3.05, 3.63) is 0 Å². The Labute approximate surface area is 126 Å². The van der Waals surface area contributed by atoms with Crippen LogP contribution in [0.2, 0.25) is 0 Å². The lowest BCUT2D eigenvalue weighted by atomic mass is 9.99. The van der Waals surface area contributed by atoms with E-state index < -0.39 is 20.9 Å². The predicted octanol–water partition coefficient (Wildman–Crippen LogP) is 0.436. The van der Waals surface area contributed by atoms with Crippen molar-refractivity contribution < 1.29 is 17.9 Å². The summed E-state index contributed by atoms with van der Waals surface area (Å²) in [5.74, 6) is 0.427. The molecule has 2 bridgehead atoms. The number of ether oxygens (including phenoxy) is 1. The van der Waals surface area contributed by atoms with Crippen molar-refractivity contribution in [2.24, 2.45) is 5.92 Å². The lowest BCUT2D eigenvalue weighted by molar-refractivity contribution is -0.151. The molecular formula is C14H24N2O4S. The van der Waals surface area contributed by atoms with Crippen LogP contribution < -0.4 is 0 Å². The van der Waals surface area contributed by atoms with Crippen LogP contribution in [0.4, 0.5) is 0 Å². The van der Waals surface area contributed by atoms with Crippen molar-refractivity contribution in [3.63, 3.8) is 0 Å². The summed E-state index contributed by atoms with van der Waals surface area (Å²) >= 11 is 0. The summed E-state index contributed by atoms with van der Waals surface area (Å²) in [5.41, 5.74) is -0.704. The number of rotatable bonds is 3. The summed E-state index contributed by atoms with van der Waals surface area (Å²) in [6, 6.07) is 0. The van der Waals surface area contributed by atoms with Crippen LogP contribution in [0.1, 0.15) is 33.6 Å². The van der Waals surface area contributed by atoms with Crippen LogP contribution in [0.5, 0.6) is 0 Å². The van der Waals surface area contributed by atoms with E-state index in [0.29, 0.717) is 44.9 Å². The van der Waals surface area contributed by atoms with Gasteiger partial charge < -0.3 is 9.64 Å². The first-order valence-corrected chi connectivity index (χ1v) is 9.23. The number of carbonyl (C=O) groups excluding carboxylic acids is 1. The Hall–Kier alpha value is -0.660. The van der Waals surface area contributed by atoms with E-state index in [1.165, 1.54) is 4.31 Å². The lowest BCUT2D eigenvalue weighted by Crippen LogP contribution is -2.56. The summed E-state index contributed by atoms with van der Waals surface area (Å²) in [5, 5.41) is -0.480. The molecule has 3 aliphatic rings. The van der Waals surface area contributed by atoms with Crippen LogP contribution in [0, 0.1) is 5.92 Å². The van der Waals surface area contributed by atoms with Crippen molar-refractivity contribution in [2.45, 2.75) is 50.6 Å². The van der Waals surface area contributed by atoms with Gasteiger partial charge in [-0.1, -0.05) is 20.8 Å². The number of likely N-dealkylation sites (tertiary alicyclic amines) is 1. The van der Waals surface area contributed by atoms with Gasteiger partial charge in [-0.25, -0.2) is 8.42 Å². The SMILES string of the molecule is CCN1C[C@]23CN(C(=O)CC(C)C)C[C@H](C[C@H]2S1(=O)=O)O3. The minimum Gasteiger partial charge on any atom is -0.365 e. The lowest BCUT2D eigenvalue weighted by Gasteiger charge is -2.39. The molecule has 120 valence electrons. The second-order valence-electron chi connectivity index (χ2n) is 6.87. The Morgan fingerprint density at radius 2 is 2.10 bits per heavy atom. The maximum atomic E-state index is 12.5. The van der Waals surface area contributed by atoms with E-state index >= 15 is 0 Å². The molecule has 21 heavy (non-hydrogen) atoms. The maximum Gasteiger partial charge on any atom is 0.223 e. The first-order chi connectivity index (χ1) is 9.78. The normalized spacial score (nSPS) is 38.0. The van der Waals surface area contributed by atoms with Crippen LogP contribution in [-0.4, -0.2) is 66.7 Å². The molecule has 0 aromatic rings. The third-order valence-corrected chi connectivity index (χ3v) is 7.25. The summed E-state index contributed by atoms with van der Waals surface area (Å²) in [4.78, 5) is 14.2. The molecule has 7 heteroatoms. The molecule has 0 unspecified atom stereocenters. The van der Waals surface area contributed by atoms with E-state index in [0.717, 1.165) is 0 Å². The van der Waals surface area contributed by atoms with E-state index in [-0.39, 0.29) is 12.0 Å². The largest absolute Gasteiger partial charge is 0.365 e. The van der Waals surface area contributed by atoms with Crippen LogP contribution in [-0.2, 0) is 19.6 Å². The number of fused-ring (bicyclic) bond motifs is 1. The van der Waals surface area contributed by atoms with E-state index in [1.807, 2.05) is 25.7 Å². The van der Waals surface area contributed by atoms with Gasteiger partial charge in [-0.3, -0.25) is 4.79 Å². The van der Waals surface area contributed by atoms with E-state index in [9.17, 15) is 13.2 Å². The van der Waals surface area contributed by atoms with Crippen LogP contribution in [0.3, 0.4) is 0 Å². The summed E-state index contributed by atoms with van der Waals surface area (Å²) in [6.45, 7) is 7.69. The number of hydrogen-bond acceptors (Lipinski definition) is 4. The van der Waals surface area contributed by atoms with Gasteiger partial charge in [0.1, 0.15) is 10.9 Å². The average molecular weight is 316 g/mol. The van der Waals surface area contributed by atoms with Gasteiger partial charge >= 0.3 is 0 Å². The fourth-order valence-corrected chi connectivity index (χ4v) is 6.23. The van der Waals surface area contributed by atoms with E-state index in [4.69, 9.17) is 4.74 Å². The topological polar surface area (TPSA) is 66.9 Å².